The summed E-state index contributed by atoms with van der Waals surface area (Å²) >= 11 is 0. The van der Waals surface area contributed by atoms with E-state index in [1.807, 2.05) is 28.1 Å². The lowest BCUT2D eigenvalue weighted by Crippen LogP contribution is -2.29. The summed E-state index contributed by atoms with van der Waals surface area (Å²) in [6, 6.07) is 1.75. The molecule has 0 radical (unpaired) electrons. The zero-order valence-electron chi connectivity index (χ0n) is 14.5. The third kappa shape index (κ3) is 6.39. The number of unbranched alkanes of at least 4 members (excludes halogenated alkanes) is 1. The number of rotatable bonds is 9. The van der Waals surface area contributed by atoms with E-state index in [-0.39, 0.29) is 5.91 Å². The molecule has 0 spiro atoms. The molecule has 6 nitrogen and oxygen atoms in total. The normalized spacial score (nSPS) is 10.8. The summed E-state index contributed by atoms with van der Waals surface area (Å²) in [4.78, 5) is 24.9. The van der Waals surface area contributed by atoms with Crippen LogP contribution in [0.2, 0.25) is 0 Å². The van der Waals surface area contributed by atoms with Crippen molar-refractivity contribution in [2.24, 2.45) is 0 Å². The average molecular weight is 307 g/mol. The van der Waals surface area contributed by atoms with E-state index in [0.29, 0.717) is 11.6 Å². The number of anilines is 1. The highest BCUT2D eigenvalue weighted by Crippen LogP contribution is 2.08. The first kappa shape index (κ1) is 18.4. The summed E-state index contributed by atoms with van der Waals surface area (Å²) in [5.74, 6) is 0.487. The van der Waals surface area contributed by atoms with Gasteiger partial charge in [-0.25, -0.2) is 9.97 Å². The van der Waals surface area contributed by atoms with Crippen molar-refractivity contribution < 1.29 is 4.79 Å². The Morgan fingerprint density at radius 3 is 2.55 bits per heavy atom. The van der Waals surface area contributed by atoms with E-state index in [4.69, 9.17) is 0 Å². The maximum absolute atomic E-state index is 12.4. The van der Waals surface area contributed by atoms with Gasteiger partial charge in [0, 0.05) is 25.8 Å². The molecular formula is C16H29N5O. The van der Waals surface area contributed by atoms with E-state index in [1.54, 1.807) is 11.0 Å². The van der Waals surface area contributed by atoms with Crippen molar-refractivity contribution in [3.8, 4) is 0 Å². The fourth-order valence-electron chi connectivity index (χ4n) is 2.05. The monoisotopic (exact) mass is 307 g/mol. The van der Waals surface area contributed by atoms with E-state index in [2.05, 4.69) is 27.1 Å². The van der Waals surface area contributed by atoms with Gasteiger partial charge in [0.15, 0.2) is 0 Å². The van der Waals surface area contributed by atoms with Gasteiger partial charge in [-0.2, -0.15) is 0 Å². The zero-order valence-corrected chi connectivity index (χ0v) is 14.5. The highest BCUT2D eigenvalue weighted by Gasteiger charge is 2.14. The SMILES string of the molecule is CCCCN(C)C(=O)c1cc(C)nc(NCCCN(C)C)n1. The van der Waals surface area contributed by atoms with E-state index in [1.165, 1.54) is 0 Å². The van der Waals surface area contributed by atoms with E-state index in [0.717, 1.165) is 44.6 Å². The van der Waals surface area contributed by atoms with Crippen LogP contribution in [0.4, 0.5) is 5.95 Å². The zero-order chi connectivity index (χ0) is 16.5. The minimum Gasteiger partial charge on any atom is -0.354 e. The second-order valence-corrected chi connectivity index (χ2v) is 5.88. The third-order valence-electron chi connectivity index (χ3n) is 3.33. The van der Waals surface area contributed by atoms with Gasteiger partial charge in [-0.15, -0.1) is 0 Å². The summed E-state index contributed by atoms with van der Waals surface area (Å²) < 4.78 is 0. The number of hydrogen-bond acceptors (Lipinski definition) is 5. The van der Waals surface area contributed by atoms with Crippen LogP contribution in [-0.2, 0) is 0 Å². The van der Waals surface area contributed by atoms with E-state index in [9.17, 15) is 4.79 Å². The van der Waals surface area contributed by atoms with E-state index >= 15 is 0 Å². The van der Waals surface area contributed by atoms with Crippen LogP contribution in [0.3, 0.4) is 0 Å². The van der Waals surface area contributed by atoms with Crippen LogP contribution in [-0.4, -0.2) is 66.5 Å². The molecular weight excluding hydrogens is 278 g/mol. The predicted molar refractivity (Wildman–Crippen MR) is 90.3 cm³/mol. The highest BCUT2D eigenvalue weighted by molar-refractivity contribution is 5.92. The van der Waals surface area contributed by atoms with Crippen LogP contribution in [0, 0.1) is 6.92 Å². The molecule has 22 heavy (non-hydrogen) atoms. The molecule has 0 fully saturated rings. The summed E-state index contributed by atoms with van der Waals surface area (Å²) in [5.41, 5.74) is 1.26. The lowest BCUT2D eigenvalue weighted by molar-refractivity contribution is 0.0787. The fraction of sp³-hybridized carbons (Fsp3) is 0.688. The first-order chi connectivity index (χ1) is 10.4. The van der Waals surface area contributed by atoms with Crippen LogP contribution in [0.1, 0.15) is 42.4 Å². The molecule has 1 N–H and O–H groups in total. The molecule has 0 atom stereocenters. The third-order valence-corrected chi connectivity index (χ3v) is 3.33. The molecule has 0 aliphatic heterocycles. The minimum absolute atomic E-state index is 0.0460. The van der Waals surface area contributed by atoms with E-state index < -0.39 is 0 Å². The number of nitrogens with one attached hydrogen (secondary N) is 1. The number of carbonyl (C=O) groups excluding carboxylic acids is 1. The molecule has 0 aromatic carbocycles. The molecule has 1 aromatic heterocycles. The van der Waals surface area contributed by atoms with Crippen molar-refractivity contribution >= 4 is 11.9 Å². The number of aromatic nitrogens is 2. The minimum atomic E-state index is -0.0460. The van der Waals surface area contributed by atoms with Gasteiger partial charge in [-0.3, -0.25) is 4.79 Å². The molecule has 0 aliphatic rings. The molecule has 0 bridgehead atoms. The summed E-state index contributed by atoms with van der Waals surface area (Å²) in [7, 11) is 5.91. The van der Waals surface area contributed by atoms with Crippen molar-refractivity contribution in [3.63, 3.8) is 0 Å². The van der Waals surface area contributed by atoms with Crippen molar-refractivity contribution in [1.82, 2.24) is 19.8 Å². The average Bonchev–Trinajstić information content (AvgIpc) is 2.47. The molecule has 1 aromatic rings. The molecule has 0 unspecified atom stereocenters. The number of amides is 1. The molecule has 6 heteroatoms. The Morgan fingerprint density at radius 2 is 1.91 bits per heavy atom. The van der Waals surface area contributed by atoms with Gasteiger partial charge in [-0.1, -0.05) is 13.3 Å². The predicted octanol–water partition coefficient (Wildman–Crippen LogP) is 2.02. The molecule has 124 valence electrons. The van der Waals surface area contributed by atoms with Gasteiger partial charge >= 0.3 is 0 Å². The number of aryl methyl sites for hydroxylation is 1. The lowest BCUT2D eigenvalue weighted by atomic mass is 10.2. The maximum atomic E-state index is 12.4. The molecule has 0 saturated heterocycles. The highest BCUT2D eigenvalue weighted by atomic mass is 16.2. The Labute approximate surface area is 133 Å². The van der Waals surface area contributed by atoms with Gasteiger partial charge < -0.3 is 15.1 Å². The van der Waals surface area contributed by atoms with Crippen molar-refractivity contribution in [1.29, 1.82) is 0 Å². The first-order valence-electron chi connectivity index (χ1n) is 7.93. The van der Waals surface area contributed by atoms with Gasteiger partial charge in [0.05, 0.1) is 0 Å². The summed E-state index contributed by atoms with van der Waals surface area (Å²) in [6.07, 6.45) is 3.07. The Hall–Kier alpha value is -1.69. The van der Waals surface area contributed by atoms with Crippen LogP contribution >= 0.6 is 0 Å². The van der Waals surface area contributed by atoms with Gasteiger partial charge in [0.2, 0.25) is 5.95 Å². The topological polar surface area (TPSA) is 61.4 Å². The quantitative estimate of drug-likeness (QED) is 0.707. The van der Waals surface area contributed by atoms with Crippen molar-refractivity contribution in [2.75, 3.05) is 46.1 Å². The standard InChI is InChI=1S/C16H29N5O/c1-6-7-11-21(5)15(22)14-12-13(2)18-16(19-14)17-9-8-10-20(3)4/h12H,6-11H2,1-5H3,(H,17,18,19). The summed E-state index contributed by atoms with van der Waals surface area (Å²) in [6.45, 7) is 6.55. The van der Waals surface area contributed by atoms with Crippen LogP contribution in [0.15, 0.2) is 6.07 Å². The summed E-state index contributed by atoms with van der Waals surface area (Å²) in [5, 5.41) is 3.20. The smallest absolute Gasteiger partial charge is 0.272 e. The fourth-order valence-corrected chi connectivity index (χ4v) is 2.05. The number of hydrogen-bond donors (Lipinski definition) is 1. The Morgan fingerprint density at radius 1 is 1.18 bits per heavy atom. The maximum Gasteiger partial charge on any atom is 0.272 e. The van der Waals surface area contributed by atoms with Crippen LogP contribution < -0.4 is 5.32 Å². The van der Waals surface area contributed by atoms with Crippen LogP contribution in [0.25, 0.3) is 0 Å². The second kappa shape index (κ2) is 9.35. The lowest BCUT2D eigenvalue weighted by Gasteiger charge is -2.17. The largest absolute Gasteiger partial charge is 0.354 e. The van der Waals surface area contributed by atoms with Gasteiger partial charge in [-0.05, 0) is 46.5 Å². The molecule has 1 amide bonds. The van der Waals surface area contributed by atoms with Gasteiger partial charge in [0.1, 0.15) is 5.69 Å². The number of nitrogens with zero attached hydrogens (tertiary/aromatic N) is 4. The molecule has 1 rings (SSSR count). The second-order valence-electron chi connectivity index (χ2n) is 5.88. The van der Waals surface area contributed by atoms with Crippen molar-refractivity contribution in [2.45, 2.75) is 33.1 Å². The van der Waals surface area contributed by atoms with Crippen molar-refractivity contribution in [3.05, 3.63) is 17.5 Å². The first-order valence-corrected chi connectivity index (χ1v) is 7.93. The van der Waals surface area contributed by atoms with Gasteiger partial charge in [0.25, 0.3) is 5.91 Å². The molecule has 1 heterocycles. The Bertz CT molecular complexity index is 476. The molecule has 0 aliphatic carbocycles. The Kier molecular flexibility index (Phi) is 7.80. The molecule has 0 saturated carbocycles. The number of carbonyl (C=O) groups is 1. The Balaban J connectivity index is 2.66. The van der Waals surface area contributed by atoms with Crippen LogP contribution in [0.5, 0.6) is 0 Å².